The van der Waals surface area contributed by atoms with E-state index in [2.05, 4.69) is 55.0 Å². The van der Waals surface area contributed by atoms with Crippen LogP contribution in [-0.2, 0) is 43.2 Å². The number of nitrogens with one attached hydrogen (secondary N) is 1. The Labute approximate surface area is 384 Å². The van der Waals surface area contributed by atoms with Gasteiger partial charge >= 0.3 is 12.0 Å². The molecular weight excluding hydrogens is 855 g/mol. The SMILES string of the molecule is CCn1c(-c2cccnc2[C@H](C=S)OC)c2c3cc(ccc31)-c1csc(n1)C[C@@]1(SC1C(=O)[C@H](C(C)C)N(C)C(=O)N(C)CC(C)C)C(=O)N1CCC[C@H](N1)C(=O)OCC(C)(C)C2. The maximum Gasteiger partial charge on any atom is 0.324 e. The molecule has 5 atom stereocenters. The smallest absolute Gasteiger partial charge is 0.324 e. The van der Waals surface area contributed by atoms with E-state index in [1.54, 1.807) is 37.7 Å². The lowest BCUT2D eigenvalue weighted by Gasteiger charge is -2.36. The van der Waals surface area contributed by atoms with Crippen molar-refractivity contribution in [3.8, 4) is 22.5 Å². The van der Waals surface area contributed by atoms with Gasteiger partial charge in [-0.1, -0.05) is 59.8 Å². The van der Waals surface area contributed by atoms with Crippen molar-refractivity contribution in [1.29, 1.82) is 0 Å². The number of pyridine rings is 1. The number of thiazole rings is 1. The number of rotatable bonds is 11. The molecule has 63 heavy (non-hydrogen) atoms. The highest BCUT2D eigenvalue weighted by Crippen LogP contribution is 2.58. The van der Waals surface area contributed by atoms with Gasteiger partial charge in [-0.3, -0.25) is 24.4 Å². The lowest BCUT2D eigenvalue weighted by Crippen LogP contribution is -2.60. The number of nitrogens with zero attached hydrogens (tertiary/aromatic N) is 6. The number of thioether (sulfide) groups is 1. The van der Waals surface area contributed by atoms with Crippen LogP contribution in [0.1, 0.15) is 83.7 Å². The number of carbonyl (C=O) groups excluding carboxylic acids is 4. The summed E-state index contributed by atoms with van der Waals surface area (Å²) < 4.78 is 13.1. The second-order valence-electron chi connectivity index (χ2n) is 18.7. The first-order valence-corrected chi connectivity index (χ1v) is 24.2. The number of aryl methyl sites for hydroxylation is 1. The number of fused-ring (bicyclic) bond motifs is 6. The molecule has 1 aromatic carbocycles. The predicted octanol–water partition coefficient (Wildman–Crippen LogP) is 7.79. The molecule has 2 saturated heterocycles. The Balaban J connectivity index is 1.33. The number of hydrogen-bond acceptors (Lipinski definition) is 12. The molecule has 3 aromatic heterocycles. The zero-order valence-electron chi connectivity index (χ0n) is 38.1. The molecule has 1 unspecified atom stereocenters. The van der Waals surface area contributed by atoms with Crippen LogP contribution < -0.4 is 5.43 Å². The third-order valence-electron chi connectivity index (χ3n) is 12.4. The number of amides is 3. The molecule has 3 aliphatic heterocycles. The molecule has 4 aromatic rings. The summed E-state index contributed by atoms with van der Waals surface area (Å²) in [7, 11) is 5.05. The largest absolute Gasteiger partial charge is 0.464 e. The topological polar surface area (TPSA) is 139 Å². The number of Topliss-reactive ketones (excluding diaryl/α,β-unsaturated/α-hetero) is 1. The molecule has 1 N–H and O–H groups in total. The van der Waals surface area contributed by atoms with Crippen molar-refractivity contribution in [1.82, 2.24) is 34.8 Å². The Kier molecular flexibility index (Phi) is 13.9. The van der Waals surface area contributed by atoms with E-state index < -0.39 is 39.6 Å². The van der Waals surface area contributed by atoms with Gasteiger partial charge in [-0.05, 0) is 67.9 Å². The van der Waals surface area contributed by atoms with Crippen LogP contribution in [0.15, 0.2) is 41.9 Å². The highest BCUT2D eigenvalue weighted by molar-refractivity contribution is 8.10. The van der Waals surface area contributed by atoms with Crippen molar-refractivity contribution in [2.45, 2.75) is 109 Å². The van der Waals surface area contributed by atoms with Gasteiger partial charge in [-0.15, -0.1) is 23.1 Å². The fourth-order valence-corrected chi connectivity index (χ4v) is 12.0. The molecule has 13 nitrogen and oxygen atoms in total. The van der Waals surface area contributed by atoms with Gasteiger partial charge in [-0.2, -0.15) is 0 Å². The van der Waals surface area contributed by atoms with E-state index >= 15 is 0 Å². The van der Waals surface area contributed by atoms with Crippen LogP contribution >= 0.6 is 35.3 Å². The summed E-state index contributed by atoms with van der Waals surface area (Å²) in [5.74, 6) is -0.819. The summed E-state index contributed by atoms with van der Waals surface area (Å²) in [6, 6.07) is 8.64. The molecule has 0 saturated carbocycles. The summed E-state index contributed by atoms with van der Waals surface area (Å²) in [4.78, 5) is 70.4. The average molecular weight is 916 g/mol. The number of likely N-dealkylation sites (N-methyl/N-ethyl adjacent to an activating group) is 1. The van der Waals surface area contributed by atoms with Crippen molar-refractivity contribution in [3.63, 3.8) is 0 Å². The Morgan fingerprint density at radius 1 is 1.14 bits per heavy atom. The number of ketones is 1. The number of benzene rings is 1. The van der Waals surface area contributed by atoms with Crippen LogP contribution in [0.5, 0.6) is 0 Å². The Morgan fingerprint density at radius 3 is 2.59 bits per heavy atom. The minimum absolute atomic E-state index is 0.136. The number of thiocarbonyl (C=S) groups is 1. The summed E-state index contributed by atoms with van der Waals surface area (Å²) in [6.07, 6.45) is 3.10. The highest BCUT2D eigenvalue weighted by atomic mass is 32.2. The van der Waals surface area contributed by atoms with Crippen molar-refractivity contribution >= 4 is 75.3 Å². The minimum Gasteiger partial charge on any atom is -0.464 e. The molecule has 6 bridgehead atoms. The van der Waals surface area contributed by atoms with Gasteiger partial charge < -0.3 is 23.8 Å². The number of methoxy groups -OCH3 is 1. The Hall–Kier alpha value is -4.22. The van der Waals surface area contributed by atoms with Crippen LogP contribution in [0, 0.1) is 17.3 Å². The van der Waals surface area contributed by atoms with Crippen LogP contribution in [0.3, 0.4) is 0 Å². The molecule has 1 spiro atoms. The Morgan fingerprint density at radius 2 is 1.90 bits per heavy atom. The van der Waals surface area contributed by atoms with Crippen molar-refractivity contribution < 1.29 is 28.7 Å². The van der Waals surface area contributed by atoms with E-state index in [0.29, 0.717) is 38.9 Å². The normalized spacial score (nSPS) is 22.2. The third kappa shape index (κ3) is 9.20. The second-order valence-corrected chi connectivity index (χ2v) is 21.4. The zero-order valence-corrected chi connectivity index (χ0v) is 40.5. The number of aromatic nitrogens is 3. The third-order valence-corrected chi connectivity index (χ3v) is 15.1. The first-order valence-electron chi connectivity index (χ1n) is 21.9. The fourth-order valence-electron chi connectivity index (χ4n) is 9.42. The lowest BCUT2D eigenvalue weighted by molar-refractivity contribution is -0.155. The molecule has 0 radical (unpaired) electrons. The molecule has 6 heterocycles. The quantitative estimate of drug-likeness (QED) is 0.0897. The van der Waals surface area contributed by atoms with E-state index in [4.69, 9.17) is 31.7 Å². The fraction of sp³-hybridized carbons (Fsp3) is 0.553. The van der Waals surface area contributed by atoms with Gasteiger partial charge in [0.1, 0.15) is 16.9 Å². The van der Waals surface area contributed by atoms with E-state index in [0.717, 1.165) is 49.7 Å². The summed E-state index contributed by atoms with van der Waals surface area (Å²) in [6.45, 7) is 16.0. The van der Waals surface area contributed by atoms with Gasteiger partial charge in [0.15, 0.2) is 5.78 Å². The highest BCUT2D eigenvalue weighted by Gasteiger charge is 2.67. The molecule has 338 valence electrons. The van der Waals surface area contributed by atoms with Gasteiger partial charge in [-0.25, -0.2) is 15.2 Å². The van der Waals surface area contributed by atoms with Gasteiger partial charge in [0.25, 0.3) is 5.91 Å². The number of cyclic esters (lactones) is 1. The lowest BCUT2D eigenvalue weighted by atomic mass is 9.84. The molecule has 3 aliphatic rings. The number of ether oxygens (including phenoxy) is 2. The van der Waals surface area contributed by atoms with Crippen molar-refractivity contribution in [2.24, 2.45) is 17.3 Å². The zero-order chi connectivity index (χ0) is 45.5. The minimum atomic E-state index is -1.19. The molecule has 3 amide bonds. The van der Waals surface area contributed by atoms with Gasteiger partial charge in [0.2, 0.25) is 0 Å². The molecule has 2 fully saturated rings. The number of urea groups is 1. The van der Waals surface area contributed by atoms with Gasteiger partial charge in [0, 0.05) is 91.6 Å². The summed E-state index contributed by atoms with van der Waals surface area (Å²) in [5.41, 5.74) is 9.16. The van der Waals surface area contributed by atoms with Crippen molar-refractivity contribution in [2.75, 3.05) is 40.9 Å². The summed E-state index contributed by atoms with van der Waals surface area (Å²) >= 11 is 8.20. The first kappa shape index (κ1) is 46.8. The van der Waals surface area contributed by atoms with Crippen LogP contribution in [0.4, 0.5) is 4.79 Å². The predicted molar refractivity (Wildman–Crippen MR) is 254 cm³/mol. The van der Waals surface area contributed by atoms with Crippen LogP contribution in [-0.4, -0.2) is 121 Å². The first-order chi connectivity index (χ1) is 29.9. The van der Waals surface area contributed by atoms with E-state index in [1.165, 1.54) is 33.0 Å². The number of carbonyl (C=O) groups is 4. The van der Waals surface area contributed by atoms with Gasteiger partial charge in [0.05, 0.1) is 40.0 Å². The van der Waals surface area contributed by atoms with Crippen LogP contribution in [0.2, 0.25) is 0 Å². The van der Waals surface area contributed by atoms with E-state index in [1.807, 2.05) is 39.1 Å². The average Bonchev–Trinajstić information content (AvgIpc) is 3.66. The number of hydrazine groups is 1. The maximum atomic E-state index is 14.9. The molecule has 7 rings (SSSR count). The molecule has 0 aliphatic carbocycles. The van der Waals surface area contributed by atoms with E-state index in [-0.39, 0.29) is 42.6 Å². The standard InChI is InChI=1S/C47H61N7O6S3/c1-11-53-35-17-16-29-20-31(35)32(40(53)30-14-12-18-48-38(30)36(24-61)59-10)21-46(6,7)26-60-43(56)33-15-13-19-54(50-33)44(57)47(22-37-49-34(29)25-62-37)42(63-47)41(55)39(28(4)5)52(9)45(58)51(8)23-27(2)3/h12,14,16-18,20,24-25,27-28,33,36,39,42,50H,11,13,15,19,21-23,26H2,1-10H3/t33-,36-,39-,42?,47-/m0/s1. The monoisotopic (exact) mass is 915 g/mol. The van der Waals surface area contributed by atoms with Crippen LogP contribution in [0.25, 0.3) is 33.4 Å². The van der Waals surface area contributed by atoms with E-state index in [9.17, 15) is 19.2 Å². The molecule has 16 heteroatoms. The molecular formula is C47H61N7O6S3. The number of esters is 1. The van der Waals surface area contributed by atoms with Crippen molar-refractivity contribution in [3.05, 3.63) is 58.2 Å². The Bertz CT molecular complexity index is 2390. The maximum absolute atomic E-state index is 14.9. The second kappa shape index (κ2) is 18.7. The number of hydrogen-bond donors (Lipinski definition) is 1. The summed E-state index contributed by atoms with van der Waals surface area (Å²) in [5, 5.41) is 6.17.